The van der Waals surface area contributed by atoms with Crippen LogP contribution in [0.2, 0.25) is 0 Å². The van der Waals surface area contributed by atoms with Gasteiger partial charge < -0.3 is 15.2 Å². The molecule has 0 radical (unpaired) electrons. The monoisotopic (exact) mass is 297 g/mol. The van der Waals surface area contributed by atoms with Crippen LogP contribution >= 0.6 is 0 Å². The highest BCUT2D eigenvalue weighted by Crippen LogP contribution is 2.21. The summed E-state index contributed by atoms with van der Waals surface area (Å²) in [5.74, 6) is 0.859. The van der Waals surface area contributed by atoms with Gasteiger partial charge in [0.25, 0.3) is 0 Å². The van der Waals surface area contributed by atoms with Gasteiger partial charge >= 0.3 is 0 Å². The lowest BCUT2D eigenvalue weighted by atomic mass is 10.1. The molecule has 0 saturated carbocycles. The van der Waals surface area contributed by atoms with E-state index in [0.29, 0.717) is 5.56 Å². The number of anilines is 1. The second-order valence-electron chi connectivity index (χ2n) is 5.04. The number of allylic oxidation sites excluding steroid dienone is 2. The third-order valence-electron chi connectivity index (χ3n) is 3.26. The van der Waals surface area contributed by atoms with Crippen LogP contribution in [0.15, 0.2) is 54.2 Å². The van der Waals surface area contributed by atoms with Crippen LogP contribution in [0, 0.1) is 6.92 Å². The third kappa shape index (κ3) is 3.88. The van der Waals surface area contributed by atoms with E-state index in [1.54, 1.807) is 55.7 Å². The van der Waals surface area contributed by atoms with Crippen molar-refractivity contribution in [1.82, 2.24) is 0 Å². The maximum atomic E-state index is 12.2. The van der Waals surface area contributed by atoms with Crippen LogP contribution in [0.5, 0.6) is 11.5 Å². The number of phenolic OH excluding ortho intramolecular Hbond substituents is 1. The zero-order valence-corrected chi connectivity index (χ0v) is 12.9. The fourth-order valence-corrected chi connectivity index (χ4v) is 2.07. The molecule has 0 unspecified atom stereocenters. The van der Waals surface area contributed by atoms with Crippen molar-refractivity contribution in [3.63, 3.8) is 0 Å². The number of carbonyl (C=O) groups excluding carboxylic acids is 1. The number of aryl methyl sites for hydroxylation is 1. The molecular formula is C18H19NO3. The number of ether oxygens (including phenoxy) is 1. The van der Waals surface area contributed by atoms with Crippen molar-refractivity contribution in [3.05, 3.63) is 65.4 Å². The summed E-state index contributed by atoms with van der Waals surface area (Å²) in [5, 5.41) is 12.6. The molecule has 4 heteroatoms. The first kappa shape index (κ1) is 15.6. The molecule has 0 aliphatic rings. The number of hydrogen-bond acceptors (Lipinski definition) is 4. The van der Waals surface area contributed by atoms with Crippen LogP contribution in [-0.2, 0) is 0 Å². The summed E-state index contributed by atoms with van der Waals surface area (Å²) in [5.41, 5.74) is 3.10. The number of ketones is 1. The topological polar surface area (TPSA) is 58.6 Å². The number of rotatable bonds is 5. The molecule has 0 spiro atoms. The van der Waals surface area contributed by atoms with E-state index in [1.807, 2.05) is 13.8 Å². The molecule has 114 valence electrons. The number of phenols is 1. The Morgan fingerprint density at radius 3 is 2.45 bits per heavy atom. The lowest BCUT2D eigenvalue weighted by Crippen LogP contribution is -2.02. The quantitative estimate of drug-likeness (QED) is 0.499. The zero-order valence-electron chi connectivity index (χ0n) is 12.9. The molecule has 0 aliphatic carbocycles. The summed E-state index contributed by atoms with van der Waals surface area (Å²) in [6.07, 6.45) is 1.55. The number of aromatic hydroxyl groups is 1. The number of benzene rings is 2. The zero-order chi connectivity index (χ0) is 16.1. The average molecular weight is 297 g/mol. The van der Waals surface area contributed by atoms with Crippen molar-refractivity contribution >= 4 is 11.5 Å². The van der Waals surface area contributed by atoms with Crippen molar-refractivity contribution in [3.8, 4) is 11.5 Å². The first-order valence-electron chi connectivity index (χ1n) is 6.93. The summed E-state index contributed by atoms with van der Waals surface area (Å²) in [4.78, 5) is 12.2. The minimum atomic E-state index is -0.0796. The smallest absolute Gasteiger partial charge is 0.187 e. The van der Waals surface area contributed by atoms with Crippen LogP contribution in [0.1, 0.15) is 22.8 Å². The Morgan fingerprint density at radius 1 is 1.18 bits per heavy atom. The predicted molar refractivity (Wildman–Crippen MR) is 87.5 cm³/mol. The summed E-state index contributed by atoms with van der Waals surface area (Å²) < 4.78 is 5.07. The molecule has 4 nitrogen and oxygen atoms in total. The lowest BCUT2D eigenvalue weighted by molar-refractivity contribution is 0.104. The normalized spacial score (nSPS) is 11.1. The van der Waals surface area contributed by atoms with Crippen molar-refractivity contribution in [1.29, 1.82) is 0 Å². The van der Waals surface area contributed by atoms with Gasteiger partial charge in [-0.05, 0) is 61.9 Å². The largest absolute Gasteiger partial charge is 0.508 e. The summed E-state index contributed by atoms with van der Waals surface area (Å²) in [6.45, 7) is 3.72. The van der Waals surface area contributed by atoms with Crippen LogP contribution in [-0.4, -0.2) is 18.0 Å². The Morgan fingerprint density at radius 2 is 1.86 bits per heavy atom. The van der Waals surface area contributed by atoms with Crippen LogP contribution in [0.25, 0.3) is 0 Å². The maximum absolute atomic E-state index is 12.2. The van der Waals surface area contributed by atoms with Crippen LogP contribution in [0.4, 0.5) is 5.69 Å². The molecule has 0 fully saturated rings. The standard InChI is InChI=1S/C18H19NO3/c1-12-10-15(20)6-9-17(12)19-13(2)11-18(21)14-4-7-16(22-3)8-5-14/h4-11,19-20H,1-3H3/b13-11+. The molecule has 2 rings (SSSR count). The van der Waals surface area contributed by atoms with Gasteiger partial charge in [-0.3, -0.25) is 4.79 Å². The van der Waals surface area contributed by atoms with Gasteiger partial charge in [0, 0.05) is 23.0 Å². The Hall–Kier alpha value is -2.75. The highest BCUT2D eigenvalue weighted by molar-refractivity contribution is 6.05. The van der Waals surface area contributed by atoms with E-state index >= 15 is 0 Å². The Labute approximate surface area is 130 Å². The van der Waals surface area contributed by atoms with Crippen LogP contribution in [0.3, 0.4) is 0 Å². The average Bonchev–Trinajstić information content (AvgIpc) is 2.50. The fourth-order valence-electron chi connectivity index (χ4n) is 2.07. The van der Waals surface area contributed by atoms with Crippen molar-refractivity contribution < 1.29 is 14.6 Å². The molecule has 0 aromatic heterocycles. The molecule has 0 amide bonds. The number of hydrogen-bond donors (Lipinski definition) is 2. The van der Waals surface area contributed by atoms with E-state index in [9.17, 15) is 9.90 Å². The van der Waals surface area contributed by atoms with Gasteiger partial charge in [0.1, 0.15) is 11.5 Å². The molecular weight excluding hydrogens is 278 g/mol. The number of carbonyl (C=O) groups is 1. The predicted octanol–water partition coefficient (Wildman–Crippen LogP) is 3.91. The highest BCUT2D eigenvalue weighted by atomic mass is 16.5. The minimum absolute atomic E-state index is 0.0796. The van der Waals surface area contributed by atoms with Gasteiger partial charge in [-0.25, -0.2) is 0 Å². The number of methoxy groups -OCH3 is 1. The van der Waals surface area contributed by atoms with Gasteiger partial charge in [0.2, 0.25) is 0 Å². The number of nitrogens with one attached hydrogen (secondary N) is 1. The molecule has 2 aromatic rings. The first-order chi connectivity index (χ1) is 10.5. The van der Waals surface area contributed by atoms with Gasteiger partial charge in [-0.15, -0.1) is 0 Å². The Bertz CT molecular complexity index is 703. The minimum Gasteiger partial charge on any atom is -0.508 e. The maximum Gasteiger partial charge on any atom is 0.187 e. The van der Waals surface area contributed by atoms with E-state index < -0.39 is 0 Å². The Balaban J connectivity index is 2.11. The molecule has 0 aliphatic heterocycles. The molecule has 22 heavy (non-hydrogen) atoms. The molecule has 0 bridgehead atoms. The second kappa shape index (κ2) is 6.80. The van der Waals surface area contributed by atoms with Gasteiger partial charge in [-0.2, -0.15) is 0 Å². The lowest BCUT2D eigenvalue weighted by Gasteiger charge is -2.10. The van der Waals surface area contributed by atoms with Gasteiger partial charge in [0.15, 0.2) is 5.78 Å². The fraction of sp³-hybridized carbons (Fsp3) is 0.167. The van der Waals surface area contributed by atoms with E-state index in [2.05, 4.69) is 5.32 Å². The highest BCUT2D eigenvalue weighted by Gasteiger charge is 2.05. The van der Waals surface area contributed by atoms with Gasteiger partial charge in [0.05, 0.1) is 7.11 Å². The van der Waals surface area contributed by atoms with Crippen molar-refractivity contribution in [2.24, 2.45) is 0 Å². The summed E-state index contributed by atoms with van der Waals surface area (Å²) in [6, 6.07) is 12.0. The second-order valence-corrected chi connectivity index (χ2v) is 5.04. The first-order valence-corrected chi connectivity index (χ1v) is 6.93. The SMILES string of the molecule is COc1ccc(C(=O)/C=C(\C)Nc2ccc(O)cc2C)cc1. The third-order valence-corrected chi connectivity index (χ3v) is 3.26. The van der Waals surface area contributed by atoms with E-state index in [1.165, 1.54) is 0 Å². The van der Waals surface area contributed by atoms with Crippen molar-refractivity contribution in [2.45, 2.75) is 13.8 Å². The summed E-state index contributed by atoms with van der Waals surface area (Å²) >= 11 is 0. The Kier molecular flexibility index (Phi) is 4.84. The van der Waals surface area contributed by atoms with E-state index in [4.69, 9.17) is 4.74 Å². The molecule has 0 atom stereocenters. The van der Waals surface area contributed by atoms with E-state index in [0.717, 1.165) is 22.7 Å². The molecule has 2 N–H and O–H groups in total. The van der Waals surface area contributed by atoms with Gasteiger partial charge in [-0.1, -0.05) is 0 Å². The van der Waals surface area contributed by atoms with E-state index in [-0.39, 0.29) is 11.5 Å². The van der Waals surface area contributed by atoms with Crippen molar-refractivity contribution in [2.75, 3.05) is 12.4 Å². The summed E-state index contributed by atoms with van der Waals surface area (Å²) in [7, 11) is 1.59. The molecule has 2 aromatic carbocycles. The van der Waals surface area contributed by atoms with Crippen LogP contribution < -0.4 is 10.1 Å². The molecule has 0 saturated heterocycles. The molecule has 0 heterocycles.